The van der Waals surface area contributed by atoms with Gasteiger partial charge in [-0.1, -0.05) is 29.8 Å². The second kappa shape index (κ2) is 7.31. The lowest BCUT2D eigenvalue weighted by molar-refractivity contribution is 0.0528. The van der Waals surface area contributed by atoms with Gasteiger partial charge in [0.1, 0.15) is 5.60 Å². The average Bonchev–Trinajstić information content (AvgIpc) is 2.74. The number of halogens is 1. The largest absolute Gasteiger partial charge is 0.444 e. The Morgan fingerprint density at radius 3 is 2.68 bits per heavy atom. The van der Waals surface area contributed by atoms with Gasteiger partial charge in [0, 0.05) is 34.6 Å². The molecule has 0 bridgehead atoms. The second-order valence-electron chi connectivity index (χ2n) is 5.94. The van der Waals surface area contributed by atoms with E-state index >= 15 is 0 Å². The minimum absolute atomic E-state index is 0.394. The van der Waals surface area contributed by atoms with E-state index in [1.54, 1.807) is 11.3 Å². The first kappa shape index (κ1) is 17.1. The number of nitrogens with one attached hydrogen (secondary N) is 2. The fourth-order valence-corrected chi connectivity index (χ4v) is 3.42. The van der Waals surface area contributed by atoms with Crippen molar-refractivity contribution < 1.29 is 9.53 Å². The summed E-state index contributed by atoms with van der Waals surface area (Å²) in [5.74, 6) is 0. The SMILES string of the molecule is CC(C)(C)OC(=O)NCCNCc1sc2ccccc2c1Cl. The van der Waals surface area contributed by atoms with Crippen LogP contribution in [0.2, 0.25) is 5.02 Å². The summed E-state index contributed by atoms with van der Waals surface area (Å²) in [5, 5.41) is 7.90. The Kier molecular flexibility index (Phi) is 5.67. The highest BCUT2D eigenvalue weighted by atomic mass is 35.5. The summed E-state index contributed by atoms with van der Waals surface area (Å²) in [6, 6.07) is 8.10. The third-order valence-corrected chi connectivity index (χ3v) is 4.57. The zero-order chi connectivity index (χ0) is 16.2. The van der Waals surface area contributed by atoms with Crippen molar-refractivity contribution >= 4 is 39.1 Å². The van der Waals surface area contributed by atoms with Gasteiger partial charge in [0.15, 0.2) is 0 Å². The van der Waals surface area contributed by atoms with Crippen molar-refractivity contribution in [3.63, 3.8) is 0 Å². The van der Waals surface area contributed by atoms with Crippen LogP contribution < -0.4 is 10.6 Å². The number of ether oxygens (including phenoxy) is 1. The molecule has 0 atom stereocenters. The van der Waals surface area contributed by atoms with Crippen LogP contribution in [-0.2, 0) is 11.3 Å². The van der Waals surface area contributed by atoms with Gasteiger partial charge in [-0.2, -0.15) is 0 Å². The molecule has 0 aliphatic heterocycles. The summed E-state index contributed by atoms with van der Waals surface area (Å²) in [6.45, 7) is 7.38. The molecule has 0 saturated carbocycles. The van der Waals surface area contributed by atoms with Crippen LogP contribution in [0.1, 0.15) is 25.6 Å². The van der Waals surface area contributed by atoms with Crippen molar-refractivity contribution in [2.45, 2.75) is 32.9 Å². The predicted molar refractivity (Wildman–Crippen MR) is 92.8 cm³/mol. The van der Waals surface area contributed by atoms with Crippen LogP contribution in [0.25, 0.3) is 10.1 Å². The van der Waals surface area contributed by atoms with Crippen LogP contribution in [0, 0.1) is 0 Å². The molecule has 1 aromatic heterocycles. The number of rotatable bonds is 5. The van der Waals surface area contributed by atoms with Crippen LogP contribution in [-0.4, -0.2) is 24.8 Å². The molecule has 1 aromatic carbocycles. The minimum Gasteiger partial charge on any atom is -0.444 e. The molecule has 2 rings (SSSR count). The van der Waals surface area contributed by atoms with Crippen LogP contribution in [0.15, 0.2) is 24.3 Å². The van der Waals surface area contributed by atoms with Crippen molar-refractivity contribution in [1.82, 2.24) is 10.6 Å². The van der Waals surface area contributed by atoms with Crippen molar-refractivity contribution in [2.24, 2.45) is 0 Å². The van der Waals surface area contributed by atoms with Crippen LogP contribution in [0.4, 0.5) is 4.79 Å². The number of hydrogen-bond acceptors (Lipinski definition) is 4. The molecule has 0 aliphatic rings. The Balaban J connectivity index is 1.74. The monoisotopic (exact) mass is 340 g/mol. The molecule has 0 fully saturated rings. The molecular weight excluding hydrogens is 320 g/mol. The number of carbonyl (C=O) groups is 1. The molecule has 1 heterocycles. The maximum absolute atomic E-state index is 11.5. The number of thiophene rings is 1. The molecule has 2 aromatic rings. The van der Waals surface area contributed by atoms with E-state index in [4.69, 9.17) is 16.3 Å². The average molecular weight is 341 g/mol. The molecule has 0 unspecified atom stereocenters. The Morgan fingerprint density at radius 1 is 1.27 bits per heavy atom. The normalized spacial score (nSPS) is 11.6. The molecule has 0 radical (unpaired) electrons. The maximum atomic E-state index is 11.5. The van der Waals surface area contributed by atoms with Gasteiger partial charge in [0.25, 0.3) is 0 Å². The maximum Gasteiger partial charge on any atom is 0.407 e. The first-order chi connectivity index (χ1) is 10.4. The van der Waals surface area contributed by atoms with Gasteiger partial charge in [-0.05, 0) is 26.8 Å². The predicted octanol–water partition coefficient (Wildman–Crippen LogP) is 4.17. The Morgan fingerprint density at radius 2 is 2.00 bits per heavy atom. The van der Waals surface area contributed by atoms with Crippen molar-refractivity contribution in [3.05, 3.63) is 34.2 Å². The first-order valence-electron chi connectivity index (χ1n) is 7.20. The van der Waals surface area contributed by atoms with Crippen LogP contribution in [0.5, 0.6) is 0 Å². The van der Waals surface area contributed by atoms with Gasteiger partial charge in [0.2, 0.25) is 0 Å². The fraction of sp³-hybridized carbons (Fsp3) is 0.438. The Hall–Kier alpha value is -1.30. The number of alkyl carbamates (subject to hydrolysis) is 1. The number of benzene rings is 1. The zero-order valence-corrected chi connectivity index (χ0v) is 14.6. The van der Waals surface area contributed by atoms with E-state index in [0.717, 1.165) is 15.3 Å². The lowest BCUT2D eigenvalue weighted by Gasteiger charge is -2.19. The van der Waals surface area contributed by atoms with E-state index in [1.807, 2.05) is 39.0 Å². The van der Waals surface area contributed by atoms with Crippen molar-refractivity contribution in [1.29, 1.82) is 0 Å². The number of amides is 1. The van der Waals surface area contributed by atoms with Gasteiger partial charge in [0.05, 0.1) is 5.02 Å². The summed E-state index contributed by atoms with van der Waals surface area (Å²) in [4.78, 5) is 12.6. The molecule has 6 heteroatoms. The van der Waals surface area contributed by atoms with Gasteiger partial charge in [-0.25, -0.2) is 4.79 Å². The molecule has 120 valence electrons. The number of carbonyl (C=O) groups excluding carboxylic acids is 1. The van der Waals surface area contributed by atoms with E-state index in [2.05, 4.69) is 16.7 Å². The third-order valence-electron chi connectivity index (χ3n) is 2.86. The molecule has 4 nitrogen and oxygen atoms in total. The molecular formula is C16H21ClN2O2S. The molecule has 0 spiro atoms. The van der Waals surface area contributed by atoms with Crippen molar-refractivity contribution in [2.75, 3.05) is 13.1 Å². The van der Waals surface area contributed by atoms with E-state index in [1.165, 1.54) is 4.70 Å². The smallest absolute Gasteiger partial charge is 0.407 e. The molecule has 0 saturated heterocycles. The summed E-state index contributed by atoms with van der Waals surface area (Å²) in [6.07, 6.45) is -0.394. The summed E-state index contributed by atoms with van der Waals surface area (Å²) >= 11 is 8.06. The molecule has 22 heavy (non-hydrogen) atoms. The standard InChI is InChI=1S/C16H21ClN2O2S/c1-16(2,3)21-15(20)19-9-8-18-10-13-14(17)11-6-4-5-7-12(11)22-13/h4-7,18H,8-10H2,1-3H3,(H,19,20). The molecule has 1 amide bonds. The highest BCUT2D eigenvalue weighted by molar-refractivity contribution is 7.19. The second-order valence-corrected chi connectivity index (χ2v) is 7.46. The van der Waals surface area contributed by atoms with E-state index in [9.17, 15) is 4.79 Å². The molecule has 2 N–H and O–H groups in total. The first-order valence-corrected chi connectivity index (χ1v) is 8.40. The van der Waals surface area contributed by atoms with Gasteiger partial charge < -0.3 is 15.4 Å². The summed E-state index contributed by atoms with van der Waals surface area (Å²) in [5.41, 5.74) is -0.470. The van der Waals surface area contributed by atoms with E-state index in [0.29, 0.717) is 19.6 Å². The highest BCUT2D eigenvalue weighted by Gasteiger charge is 2.15. The molecule has 0 aliphatic carbocycles. The van der Waals surface area contributed by atoms with Gasteiger partial charge in [-0.3, -0.25) is 0 Å². The Labute approximate surface area is 139 Å². The quantitative estimate of drug-likeness (QED) is 0.803. The minimum atomic E-state index is -0.470. The van der Waals surface area contributed by atoms with E-state index < -0.39 is 11.7 Å². The Bertz CT molecular complexity index is 649. The third kappa shape index (κ3) is 4.87. The van der Waals surface area contributed by atoms with E-state index in [-0.39, 0.29) is 0 Å². The zero-order valence-electron chi connectivity index (χ0n) is 13.0. The highest BCUT2D eigenvalue weighted by Crippen LogP contribution is 2.34. The van der Waals surface area contributed by atoms with Gasteiger partial charge in [-0.15, -0.1) is 11.3 Å². The number of hydrogen-bond donors (Lipinski definition) is 2. The van der Waals surface area contributed by atoms with Crippen LogP contribution in [0.3, 0.4) is 0 Å². The lowest BCUT2D eigenvalue weighted by atomic mass is 10.2. The van der Waals surface area contributed by atoms with Crippen LogP contribution >= 0.6 is 22.9 Å². The fourth-order valence-electron chi connectivity index (χ4n) is 1.95. The summed E-state index contributed by atoms with van der Waals surface area (Å²) in [7, 11) is 0. The van der Waals surface area contributed by atoms with Crippen molar-refractivity contribution in [3.8, 4) is 0 Å². The lowest BCUT2D eigenvalue weighted by Crippen LogP contribution is -2.36. The summed E-state index contributed by atoms with van der Waals surface area (Å²) < 4.78 is 6.36. The number of fused-ring (bicyclic) bond motifs is 1. The van der Waals surface area contributed by atoms with Gasteiger partial charge >= 0.3 is 6.09 Å². The topological polar surface area (TPSA) is 50.4 Å².